The van der Waals surface area contributed by atoms with Crippen molar-refractivity contribution in [2.75, 3.05) is 26.2 Å². The van der Waals surface area contributed by atoms with Gasteiger partial charge in [-0.1, -0.05) is 30.3 Å². The minimum absolute atomic E-state index is 0.159. The molecule has 1 aliphatic heterocycles. The standard InChI is InChI=1S/C15H21N3O/c16-15(6-7-15)14(19)18-10-8-17(9-11-18)12-13-4-2-1-3-5-13/h1-5H,6-12,16H2. The summed E-state index contributed by atoms with van der Waals surface area (Å²) in [5.41, 5.74) is 6.80. The molecule has 2 aliphatic rings. The molecule has 0 bridgehead atoms. The molecule has 1 amide bonds. The van der Waals surface area contributed by atoms with Crippen molar-refractivity contribution in [2.45, 2.75) is 24.9 Å². The van der Waals surface area contributed by atoms with Gasteiger partial charge in [-0.25, -0.2) is 0 Å². The molecular weight excluding hydrogens is 238 g/mol. The van der Waals surface area contributed by atoms with Crippen molar-refractivity contribution >= 4 is 5.91 Å². The van der Waals surface area contributed by atoms with Crippen molar-refractivity contribution in [1.82, 2.24) is 9.80 Å². The molecule has 2 N–H and O–H groups in total. The van der Waals surface area contributed by atoms with Crippen LogP contribution in [0.2, 0.25) is 0 Å². The van der Waals surface area contributed by atoms with E-state index in [9.17, 15) is 4.79 Å². The topological polar surface area (TPSA) is 49.6 Å². The average Bonchev–Trinajstić information content (AvgIpc) is 3.19. The first-order valence-corrected chi connectivity index (χ1v) is 7.02. The smallest absolute Gasteiger partial charge is 0.242 e. The van der Waals surface area contributed by atoms with E-state index in [1.165, 1.54) is 5.56 Å². The Morgan fingerprint density at radius 2 is 1.74 bits per heavy atom. The van der Waals surface area contributed by atoms with Crippen LogP contribution in [0.15, 0.2) is 30.3 Å². The SMILES string of the molecule is NC1(C(=O)N2CCN(Cc3ccccc3)CC2)CC1. The van der Waals surface area contributed by atoms with Gasteiger partial charge < -0.3 is 10.6 Å². The van der Waals surface area contributed by atoms with Gasteiger partial charge in [0, 0.05) is 32.7 Å². The second-order valence-corrected chi connectivity index (χ2v) is 5.71. The summed E-state index contributed by atoms with van der Waals surface area (Å²) in [5, 5.41) is 0. The first-order chi connectivity index (χ1) is 9.17. The van der Waals surface area contributed by atoms with Gasteiger partial charge in [0.05, 0.1) is 5.54 Å². The number of piperazine rings is 1. The molecule has 1 heterocycles. The van der Waals surface area contributed by atoms with E-state index >= 15 is 0 Å². The van der Waals surface area contributed by atoms with Crippen LogP contribution in [0, 0.1) is 0 Å². The van der Waals surface area contributed by atoms with Crippen LogP contribution < -0.4 is 5.73 Å². The molecule has 19 heavy (non-hydrogen) atoms. The molecule has 1 saturated carbocycles. The van der Waals surface area contributed by atoms with Gasteiger partial charge in [-0.15, -0.1) is 0 Å². The lowest BCUT2D eigenvalue weighted by atomic mass is 10.2. The fourth-order valence-corrected chi connectivity index (χ4v) is 2.61. The number of benzene rings is 1. The minimum atomic E-state index is -0.512. The summed E-state index contributed by atoms with van der Waals surface area (Å²) in [6, 6.07) is 10.5. The van der Waals surface area contributed by atoms with Gasteiger partial charge in [-0.2, -0.15) is 0 Å². The van der Waals surface area contributed by atoms with Crippen molar-refractivity contribution in [1.29, 1.82) is 0 Å². The quantitative estimate of drug-likeness (QED) is 0.874. The van der Waals surface area contributed by atoms with E-state index in [0.717, 1.165) is 45.6 Å². The number of nitrogens with two attached hydrogens (primary N) is 1. The number of hydrogen-bond donors (Lipinski definition) is 1. The summed E-state index contributed by atoms with van der Waals surface area (Å²) >= 11 is 0. The van der Waals surface area contributed by atoms with Crippen molar-refractivity contribution in [3.8, 4) is 0 Å². The molecule has 1 aliphatic carbocycles. The molecule has 1 aromatic rings. The van der Waals surface area contributed by atoms with Crippen LogP contribution in [0.5, 0.6) is 0 Å². The summed E-state index contributed by atoms with van der Waals surface area (Å²) in [7, 11) is 0. The molecule has 0 atom stereocenters. The zero-order valence-electron chi connectivity index (χ0n) is 11.2. The molecule has 0 radical (unpaired) electrons. The largest absolute Gasteiger partial charge is 0.339 e. The number of amides is 1. The molecule has 3 rings (SSSR count). The Morgan fingerprint density at radius 3 is 2.32 bits per heavy atom. The highest BCUT2D eigenvalue weighted by atomic mass is 16.2. The van der Waals surface area contributed by atoms with E-state index in [4.69, 9.17) is 5.73 Å². The van der Waals surface area contributed by atoms with E-state index in [1.807, 2.05) is 11.0 Å². The Kier molecular flexibility index (Phi) is 3.29. The summed E-state index contributed by atoms with van der Waals surface area (Å²) in [6.45, 7) is 4.47. The predicted octanol–water partition coefficient (Wildman–Crippen LogP) is 0.822. The molecule has 4 heteroatoms. The van der Waals surface area contributed by atoms with Crippen LogP contribution in [0.1, 0.15) is 18.4 Å². The lowest BCUT2D eigenvalue weighted by Crippen LogP contribution is -2.53. The Labute approximate surface area is 114 Å². The van der Waals surface area contributed by atoms with Crippen molar-refractivity contribution < 1.29 is 4.79 Å². The molecular formula is C15H21N3O. The second-order valence-electron chi connectivity index (χ2n) is 5.71. The number of rotatable bonds is 3. The monoisotopic (exact) mass is 259 g/mol. The zero-order chi connectivity index (χ0) is 13.3. The molecule has 0 unspecified atom stereocenters. The van der Waals surface area contributed by atoms with E-state index in [-0.39, 0.29) is 5.91 Å². The maximum atomic E-state index is 12.1. The third-order valence-electron chi connectivity index (χ3n) is 4.12. The van der Waals surface area contributed by atoms with Crippen LogP contribution in [0.4, 0.5) is 0 Å². The highest BCUT2D eigenvalue weighted by Crippen LogP contribution is 2.34. The lowest BCUT2D eigenvalue weighted by Gasteiger charge is -2.36. The number of hydrogen-bond acceptors (Lipinski definition) is 3. The highest BCUT2D eigenvalue weighted by Gasteiger charge is 2.48. The summed E-state index contributed by atoms with van der Waals surface area (Å²) in [6.07, 6.45) is 1.71. The van der Waals surface area contributed by atoms with Crippen molar-refractivity contribution in [3.63, 3.8) is 0 Å². The third-order valence-corrected chi connectivity index (χ3v) is 4.12. The summed E-state index contributed by atoms with van der Waals surface area (Å²) < 4.78 is 0. The van der Waals surface area contributed by atoms with Gasteiger partial charge in [0.2, 0.25) is 5.91 Å². The molecule has 4 nitrogen and oxygen atoms in total. The minimum Gasteiger partial charge on any atom is -0.339 e. The maximum Gasteiger partial charge on any atom is 0.242 e. The molecule has 0 spiro atoms. The van der Waals surface area contributed by atoms with Crippen LogP contribution in [0.25, 0.3) is 0 Å². The maximum absolute atomic E-state index is 12.1. The number of carbonyl (C=O) groups excluding carboxylic acids is 1. The molecule has 102 valence electrons. The van der Waals surface area contributed by atoms with E-state index in [2.05, 4.69) is 29.2 Å². The predicted molar refractivity (Wildman–Crippen MR) is 74.5 cm³/mol. The Morgan fingerprint density at radius 1 is 1.11 bits per heavy atom. The average molecular weight is 259 g/mol. The van der Waals surface area contributed by atoms with E-state index in [0.29, 0.717) is 0 Å². The number of carbonyl (C=O) groups is 1. The molecule has 0 aromatic heterocycles. The fraction of sp³-hybridized carbons (Fsp3) is 0.533. The van der Waals surface area contributed by atoms with Gasteiger partial charge in [0.1, 0.15) is 0 Å². The summed E-state index contributed by atoms with van der Waals surface area (Å²) in [5.74, 6) is 0.159. The van der Waals surface area contributed by atoms with Crippen molar-refractivity contribution in [3.05, 3.63) is 35.9 Å². The van der Waals surface area contributed by atoms with Crippen LogP contribution >= 0.6 is 0 Å². The van der Waals surface area contributed by atoms with Crippen molar-refractivity contribution in [2.24, 2.45) is 5.73 Å². The fourth-order valence-electron chi connectivity index (χ4n) is 2.61. The summed E-state index contributed by atoms with van der Waals surface area (Å²) in [4.78, 5) is 16.5. The second kappa shape index (κ2) is 4.94. The van der Waals surface area contributed by atoms with Crippen LogP contribution in [-0.4, -0.2) is 47.4 Å². The lowest BCUT2D eigenvalue weighted by molar-refractivity contribution is -0.135. The normalized spacial score (nSPS) is 22.3. The Hall–Kier alpha value is -1.39. The van der Waals surface area contributed by atoms with Gasteiger partial charge >= 0.3 is 0 Å². The van der Waals surface area contributed by atoms with Crippen LogP contribution in [-0.2, 0) is 11.3 Å². The number of nitrogens with zero attached hydrogens (tertiary/aromatic N) is 2. The zero-order valence-corrected chi connectivity index (χ0v) is 11.2. The highest BCUT2D eigenvalue weighted by molar-refractivity contribution is 5.89. The van der Waals surface area contributed by atoms with Crippen LogP contribution in [0.3, 0.4) is 0 Å². The first kappa shape index (κ1) is 12.6. The van der Waals surface area contributed by atoms with E-state index < -0.39 is 5.54 Å². The Balaban J connectivity index is 1.51. The van der Waals surface area contributed by atoms with Gasteiger partial charge in [-0.05, 0) is 18.4 Å². The molecule has 2 fully saturated rings. The first-order valence-electron chi connectivity index (χ1n) is 7.02. The Bertz CT molecular complexity index is 448. The molecule has 1 aromatic carbocycles. The molecule has 1 saturated heterocycles. The van der Waals surface area contributed by atoms with E-state index in [1.54, 1.807) is 0 Å². The van der Waals surface area contributed by atoms with Gasteiger partial charge in [-0.3, -0.25) is 9.69 Å². The van der Waals surface area contributed by atoms with Gasteiger partial charge in [0.25, 0.3) is 0 Å². The van der Waals surface area contributed by atoms with Gasteiger partial charge in [0.15, 0.2) is 0 Å². The third kappa shape index (κ3) is 2.80.